The van der Waals surface area contributed by atoms with E-state index in [1.54, 1.807) is 0 Å². The number of unbranched alkanes of at least 4 members (excludes halogenated alkanes) is 54. The lowest BCUT2D eigenvalue weighted by molar-refractivity contribution is 0.197. The highest BCUT2D eigenvalue weighted by Gasteiger charge is 2.35. The average molecular weight is 1970 g/mol. The van der Waals surface area contributed by atoms with Crippen molar-refractivity contribution in [2.24, 2.45) is 0 Å². The van der Waals surface area contributed by atoms with Crippen LogP contribution in [-0.4, -0.2) is 19.8 Å². The zero-order chi connectivity index (χ0) is 100. The van der Waals surface area contributed by atoms with Crippen molar-refractivity contribution in [3.8, 4) is 34.5 Å². The molecule has 0 aliphatic heterocycles. The Bertz CT molecular complexity index is 3910. The van der Waals surface area contributed by atoms with Gasteiger partial charge in [-0.05, 0) is 212 Å². The lowest BCUT2D eigenvalue weighted by Crippen LogP contribution is -2.19. The first-order valence-electron chi connectivity index (χ1n) is 58.5. The molecule has 0 spiro atoms. The molecule has 0 amide bonds. The van der Waals surface area contributed by atoms with Gasteiger partial charge >= 0.3 is 25.8 Å². The van der Waals surface area contributed by atoms with Crippen molar-refractivity contribution in [2.75, 3.05) is 19.8 Å². The van der Waals surface area contributed by atoms with Gasteiger partial charge in [-0.25, -0.2) is 0 Å². The zero-order valence-electron chi connectivity index (χ0n) is 93.4. The van der Waals surface area contributed by atoms with Crippen LogP contribution in [0.3, 0.4) is 0 Å². The highest BCUT2D eigenvalue weighted by atomic mass is 31.2. The molecular weight excluding hydrogens is 1760 g/mol. The van der Waals surface area contributed by atoms with Crippen molar-refractivity contribution in [2.45, 2.75) is 571 Å². The third-order valence-electron chi connectivity index (χ3n) is 28.8. The van der Waals surface area contributed by atoms with Gasteiger partial charge in [0, 0.05) is 22.6 Å². The fraction of sp³-hybridized carbons (Fsp3) is 0.717. The van der Waals surface area contributed by atoms with Crippen LogP contribution in [0.2, 0.25) is 0 Å². The van der Waals surface area contributed by atoms with Crippen LogP contribution in [-0.2, 0) is 49.1 Å². The summed E-state index contributed by atoms with van der Waals surface area (Å²) in [5.41, 5.74) is 13.8. The minimum atomic E-state index is -1.98. The summed E-state index contributed by atoms with van der Waals surface area (Å²) in [7, 11) is -5.53. The summed E-state index contributed by atoms with van der Waals surface area (Å²) >= 11 is 0. The van der Waals surface area contributed by atoms with Crippen molar-refractivity contribution in [1.29, 1.82) is 0 Å². The largest absolute Gasteiger partial charge is 0.530 e. The van der Waals surface area contributed by atoms with Gasteiger partial charge in [0.2, 0.25) is 0 Å². The second-order valence-corrected chi connectivity index (χ2v) is 48.3. The number of aryl methyl sites for hydroxylation is 6. The molecule has 6 aromatic rings. The Morgan fingerprint density at radius 3 is 0.676 bits per heavy atom. The Morgan fingerprint density at radius 1 is 0.223 bits per heavy atom. The summed E-state index contributed by atoms with van der Waals surface area (Å²) in [6, 6.07) is 40.6. The van der Waals surface area contributed by atoms with E-state index in [0.29, 0.717) is 19.8 Å². The molecule has 0 fully saturated rings. The molecule has 0 saturated heterocycles. The van der Waals surface area contributed by atoms with Gasteiger partial charge in [-0.1, -0.05) is 512 Å². The summed E-state index contributed by atoms with van der Waals surface area (Å²) in [4.78, 5) is 0. The lowest BCUT2D eigenvalue weighted by atomic mass is 9.74. The standard InChI is InChI=1S/C127H211O9P3/c1-20-26-32-38-44-47-50-53-56-59-62-65-71-77-95-128-137(129-96-78-72-66-63-60-57-54-51-48-45-39-33-27-21-2)134-122-100-107(9)116(103-120(122)126(14,15)16)118(117-104-121(127(17,18)19)123(101-108(117)10)135-138(131-112-89-83-109(84-90-112)80-74-68-41-35-29-23-4)130-97-79-73-67-64-61-58-55-52-49-46-40-34-28-22-3)98-105(7)115-102-119(125(11,12)13)124(99-106(115)8)136-139(132-113-91-85-110(86-92-113)81-75-69-42-36-30-24-5)133-114-93-87-111(88-94-114)82-76-70-43-37-31-25-6/h83-94,99-105,118H,20-82,95-98H2,1-19H3. The Labute approximate surface area is 861 Å². The number of benzene rings is 6. The van der Waals surface area contributed by atoms with Crippen LogP contribution in [0.4, 0.5) is 0 Å². The van der Waals surface area contributed by atoms with Crippen LogP contribution in [0.5, 0.6) is 34.5 Å². The molecule has 0 bridgehead atoms. The van der Waals surface area contributed by atoms with Crippen molar-refractivity contribution in [1.82, 2.24) is 0 Å². The third kappa shape index (κ3) is 54.0. The molecule has 6 aromatic carbocycles. The van der Waals surface area contributed by atoms with E-state index in [1.807, 2.05) is 0 Å². The van der Waals surface area contributed by atoms with Crippen LogP contribution in [0.15, 0.2) is 109 Å². The normalized spacial score (nSPS) is 12.8. The molecule has 788 valence electrons. The van der Waals surface area contributed by atoms with Crippen molar-refractivity contribution < 1.29 is 40.7 Å². The van der Waals surface area contributed by atoms with E-state index in [0.717, 1.165) is 115 Å². The van der Waals surface area contributed by atoms with E-state index < -0.39 is 25.8 Å². The number of hydrogen-bond donors (Lipinski definition) is 0. The van der Waals surface area contributed by atoms with Gasteiger partial charge in [-0.15, -0.1) is 0 Å². The molecule has 3 unspecified atom stereocenters. The predicted octanol–water partition coefficient (Wildman–Crippen LogP) is 44.1. The molecule has 0 aromatic heterocycles. The molecule has 9 nitrogen and oxygen atoms in total. The first-order chi connectivity index (χ1) is 67.4. The van der Waals surface area contributed by atoms with Gasteiger partial charge in [0.15, 0.2) is 0 Å². The maximum atomic E-state index is 7.39. The lowest BCUT2D eigenvalue weighted by Gasteiger charge is -2.33. The van der Waals surface area contributed by atoms with E-state index in [1.165, 1.54) is 397 Å². The van der Waals surface area contributed by atoms with Gasteiger partial charge in [0.05, 0.1) is 19.8 Å². The second kappa shape index (κ2) is 75.1. The highest BCUT2D eigenvalue weighted by Crippen LogP contribution is 2.53. The van der Waals surface area contributed by atoms with E-state index >= 15 is 0 Å². The van der Waals surface area contributed by atoms with E-state index in [4.69, 9.17) is 40.7 Å². The van der Waals surface area contributed by atoms with Crippen LogP contribution in [0.1, 0.15) is 581 Å². The van der Waals surface area contributed by atoms with Gasteiger partial charge in [-0.3, -0.25) is 4.52 Å². The molecule has 6 rings (SSSR count). The molecule has 0 heterocycles. The summed E-state index contributed by atoms with van der Waals surface area (Å²) in [6.07, 6.45) is 82.2. The molecular formula is C127H211O9P3. The fourth-order valence-electron chi connectivity index (χ4n) is 19.8. The van der Waals surface area contributed by atoms with Gasteiger partial charge < -0.3 is 36.2 Å². The Balaban J connectivity index is 1.41. The maximum Gasteiger partial charge on any atom is 0.530 e. The van der Waals surface area contributed by atoms with Gasteiger partial charge in [-0.2, -0.15) is 0 Å². The minimum absolute atomic E-state index is 0.0712. The zero-order valence-corrected chi connectivity index (χ0v) is 96.1. The summed E-state index contributed by atoms with van der Waals surface area (Å²) in [5, 5.41) is 0. The second-order valence-electron chi connectivity index (χ2n) is 45.0. The Hall–Kier alpha value is -4.71. The van der Waals surface area contributed by atoms with Crippen LogP contribution in [0.25, 0.3) is 0 Å². The molecule has 0 radical (unpaired) electrons. The smallest absolute Gasteiger partial charge is 0.426 e. The Kier molecular flexibility index (Phi) is 66.4. The highest BCUT2D eigenvalue weighted by molar-refractivity contribution is 7.43. The summed E-state index contributed by atoms with van der Waals surface area (Å²) in [6.45, 7) is 46.0. The van der Waals surface area contributed by atoms with Crippen LogP contribution in [0, 0.1) is 20.8 Å². The van der Waals surface area contributed by atoms with E-state index in [9.17, 15) is 0 Å². The molecule has 139 heavy (non-hydrogen) atoms. The fourth-order valence-corrected chi connectivity index (χ4v) is 22.9. The predicted molar refractivity (Wildman–Crippen MR) is 608 cm³/mol. The summed E-state index contributed by atoms with van der Waals surface area (Å²) < 4.78 is 63.8. The van der Waals surface area contributed by atoms with E-state index in [-0.39, 0.29) is 28.1 Å². The van der Waals surface area contributed by atoms with Gasteiger partial charge in [0.25, 0.3) is 0 Å². The van der Waals surface area contributed by atoms with Crippen molar-refractivity contribution in [3.05, 3.63) is 176 Å². The third-order valence-corrected chi connectivity index (χ3v) is 32.1. The number of rotatable bonds is 86. The minimum Gasteiger partial charge on any atom is -0.426 e. The van der Waals surface area contributed by atoms with Gasteiger partial charge in [0.1, 0.15) is 34.5 Å². The Morgan fingerprint density at radius 2 is 0.424 bits per heavy atom. The van der Waals surface area contributed by atoms with Crippen LogP contribution < -0.4 is 27.1 Å². The number of hydrogen-bond acceptors (Lipinski definition) is 9. The quantitative estimate of drug-likeness (QED) is 0.0274. The molecule has 3 atom stereocenters. The van der Waals surface area contributed by atoms with Crippen molar-refractivity contribution in [3.63, 3.8) is 0 Å². The molecule has 0 aliphatic carbocycles. The first kappa shape index (κ1) is 123. The van der Waals surface area contributed by atoms with Crippen molar-refractivity contribution >= 4 is 25.8 Å². The monoisotopic (exact) mass is 1970 g/mol. The SMILES string of the molecule is CCCCCCCCCCCCCCCCOP(OCCCCCCCCCCCCCCCC)Oc1cc(C)c(C(CC(C)c2cc(C(C)(C)C)c(OP(Oc3ccc(CCCCCCCC)cc3)Oc3ccc(CCCCCCCC)cc3)cc2C)c2cc(C(C)(C)C)c(OP(OCCCCCCCCCCCCCCCC)Oc3ccc(CCCCCCCC)cc3)cc2C)cc1C(C)(C)C. The van der Waals surface area contributed by atoms with E-state index in [2.05, 4.69) is 241 Å². The molecule has 0 saturated carbocycles. The average Bonchev–Trinajstić information content (AvgIpc) is 0.760. The molecule has 0 aliphatic rings. The molecule has 12 heteroatoms. The topological polar surface area (TPSA) is 83.1 Å². The van der Waals surface area contributed by atoms with Crippen LogP contribution >= 0.6 is 25.8 Å². The maximum absolute atomic E-state index is 7.39. The first-order valence-corrected chi connectivity index (χ1v) is 61.8. The molecule has 0 N–H and O–H groups in total. The summed E-state index contributed by atoms with van der Waals surface area (Å²) in [5.74, 6) is 4.71.